The maximum Gasteiger partial charge on any atom is 0.148 e. The van der Waals surface area contributed by atoms with Crippen molar-refractivity contribution in [2.75, 3.05) is 31.3 Å². The van der Waals surface area contributed by atoms with Gasteiger partial charge in [0.25, 0.3) is 0 Å². The number of ether oxygens (including phenoxy) is 1. The summed E-state index contributed by atoms with van der Waals surface area (Å²) in [5.41, 5.74) is 7.88. The summed E-state index contributed by atoms with van der Waals surface area (Å²) in [5, 5.41) is 7.93. The molecule has 0 saturated heterocycles. The summed E-state index contributed by atoms with van der Waals surface area (Å²) in [7, 11) is 1.73. The second-order valence-electron chi connectivity index (χ2n) is 6.15. The zero-order chi connectivity index (χ0) is 14.6. The van der Waals surface area contributed by atoms with Crippen molar-refractivity contribution in [1.29, 1.82) is 0 Å². The van der Waals surface area contributed by atoms with Gasteiger partial charge in [-0.2, -0.15) is 5.10 Å². The number of rotatable bonds is 7. The lowest BCUT2D eigenvalue weighted by Gasteiger charge is -2.26. The summed E-state index contributed by atoms with van der Waals surface area (Å²) in [5.74, 6) is 0.929. The lowest BCUT2D eigenvalue weighted by Crippen LogP contribution is -2.26. The highest BCUT2D eigenvalue weighted by Crippen LogP contribution is 2.28. The molecule has 3 N–H and O–H groups in total. The highest BCUT2D eigenvalue weighted by Gasteiger charge is 2.20. The van der Waals surface area contributed by atoms with Crippen LogP contribution in [-0.4, -0.2) is 30.0 Å². The predicted octanol–water partition coefficient (Wildman–Crippen LogP) is 2.83. The normalized spacial score (nSPS) is 12.2. The Labute approximate surface area is 116 Å². The summed E-state index contributed by atoms with van der Waals surface area (Å²) in [4.78, 5) is 0. The molecule has 0 aliphatic rings. The molecule has 5 nitrogen and oxygen atoms in total. The molecule has 0 aromatic carbocycles. The Kier molecular flexibility index (Phi) is 5.23. The molecule has 0 bridgehead atoms. The molecule has 0 amide bonds. The first-order chi connectivity index (χ1) is 8.78. The molecule has 1 rings (SSSR count). The van der Waals surface area contributed by atoms with Crippen molar-refractivity contribution in [2.45, 2.75) is 47.1 Å². The molecule has 5 heteroatoms. The summed E-state index contributed by atoms with van der Waals surface area (Å²) in [6.07, 6.45) is 1.01. The van der Waals surface area contributed by atoms with Crippen LogP contribution in [0.1, 0.15) is 45.9 Å². The van der Waals surface area contributed by atoms with E-state index in [0.29, 0.717) is 6.04 Å². The van der Waals surface area contributed by atoms with Gasteiger partial charge in [-0.05, 0) is 32.6 Å². The van der Waals surface area contributed by atoms with Gasteiger partial charge in [0.1, 0.15) is 5.82 Å². The lowest BCUT2D eigenvalue weighted by molar-refractivity contribution is 0.157. The molecule has 19 heavy (non-hydrogen) atoms. The fourth-order valence-electron chi connectivity index (χ4n) is 1.90. The Morgan fingerprint density at radius 2 is 2.05 bits per heavy atom. The van der Waals surface area contributed by atoms with Crippen LogP contribution in [0.5, 0.6) is 0 Å². The Morgan fingerprint density at radius 3 is 2.58 bits per heavy atom. The van der Waals surface area contributed by atoms with Crippen molar-refractivity contribution in [1.82, 2.24) is 9.78 Å². The van der Waals surface area contributed by atoms with Gasteiger partial charge in [-0.15, -0.1) is 0 Å². The first-order valence-corrected chi connectivity index (χ1v) is 6.86. The Bertz CT molecular complexity index is 410. The number of aryl methyl sites for hydroxylation is 1. The van der Waals surface area contributed by atoms with E-state index in [0.717, 1.165) is 36.8 Å². The van der Waals surface area contributed by atoms with Crippen LogP contribution >= 0.6 is 0 Å². The van der Waals surface area contributed by atoms with Crippen molar-refractivity contribution in [3.05, 3.63) is 5.69 Å². The standard InChI is InChI=1S/C14H28N4O/c1-10(2)18-13(12(15)11(3)17-18)16-9-14(4,5)7-8-19-6/h10,16H,7-9,15H2,1-6H3. The zero-order valence-electron chi connectivity index (χ0n) is 13.1. The Balaban J connectivity index is 2.77. The molecule has 1 aromatic rings. The minimum atomic E-state index is 0.155. The molecule has 1 heterocycles. The van der Waals surface area contributed by atoms with Gasteiger partial charge in [-0.1, -0.05) is 13.8 Å². The number of hydrogen-bond acceptors (Lipinski definition) is 4. The predicted molar refractivity (Wildman–Crippen MR) is 80.5 cm³/mol. The molecular weight excluding hydrogens is 240 g/mol. The number of aromatic nitrogens is 2. The van der Waals surface area contributed by atoms with Crippen molar-refractivity contribution in [3.8, 4) is 0 Å². The SMILES string of the molecule is COCCC(C)(C)CNc1c(N)c(C)nn1C(C)C. The minimum Gasteiger partial charge on any atom is -0.394 e. The van der Waals surface area contributed by atoms with E-state index in [9.17, 15) is 0 Å². The van der Waals surface area contributed by atoms with E-state index < -0.39 is 0 Å². The highest BCUT2D eigenvalue weighted by molar-refractivity contribution is 5.64. The largest absolute Gasteiger partial charge is 0.394 e. The second-order valence-corrected chi connectivity index (χ2v) is 6.15. The van der Waals surface area contributed by atoms with Gasteiger partial charge in [-0.25, -0.2) is 4.68 Å². The lowest BCUT2D eigenvalue weighted by atomic mass is 9.90. The van der Waals surface area contributed by atoms with Crippen LogP contribution in [0.4, 0.5) is 11.5 Å². The quantitative estimate of drug-likeness (QED) is 0.798. The number of nitrogen functional groups attached to an aromatic ring is 1. The van der Waals surface area contributed by atoms with E-state index >= 15 is 0 Å². The van der Waals surface area contributed by atoms with Crippen LogP contribution in [0.3, 0.4) is 0 Å². The topological polar surface area (TPSA) is 65.1 Å². The third kappa shape index (κ3) is 4.13. The van der Waals surface area contributed by atoms with Gasteiger partial charge < -0.3 is 15.8 Å². The van der Waals surface area contributed by atoms with E-state index in [1.54, 1.807) is 7.11 Å². The van der Waals surface area contributed by atoms with Gasteiger partial charge in [0.2, 0.25) is 0 Å². The van der Waals surface area contributed by atoms with Crippen LogP contribution in [0.25, 0.3) is 0 Å². The molecule has 0 atom stereocenters. The van der Waals surface area contributed by atoms with E-state index in [2.05, 4.69) is 38.1 Å². The summed E-state index contributed by atoms with van der Waals surface area (Å²) < 4.78 is 7.10. The number of nitrogens with two attached hydrogens (primary N) is 1. The van der Waals surface area contributed by atoms with Gasteiger partial charge in [0, 0.05) is 26.3 Å². The number of methoxy groups -OCH3 is 1. The van der Waals surface area contributed by atoms with E-state index in [-0.39, 0.29) is 5.41 Å². The number of nitrogens with zero attached hydrogens (tertiary/aromatic N) is 2. The van der Waals surface area contributed by atoms with Crippen molar-refractivity contribution < 1.29 is 4.74 Å². The van der Waals surface area contributed by atoms with Gasteiger partial charge >= 0.3 is 0 Å². The molecule has 0 spiro atoms. The molecule has 1 aromatic heterocycles. The zero-order valence-corrected chi connectivity index (χ0v) is 13.1. The third-order valence-electron chi connectivity index (χ3n) is 3.34. The average Bonchev–Trinajstić information content (AvgIpc) is 2.61. The van der Waals surface area contributed by atoms with Gasteiger partial charge in [0.05, 0.1) is 11.4 Å². The van der Waals surface area contributed by atoms with Crippen LogP contribution in [0.2, 0.25) is 0 Å². The summed E-state index contributed by atoms with van der Waals surface area (Å²) >= 11 is 0. The van der Waals surface area contributed by atoms with E-state index in [4.69, 9.17) is 10.5 Å². The van der Waals surface area contributed by atoms with Crippen LogP contribution in [0, 0.1) is 12.3 Å². The van der Waals surface area contributed by atoms with Gasteiger partial charge in [0.15, 0.2) is 0 Å². The first kappa shape index (κ1) is 15.8. The van der Waals surface area contributed by atoms with Crippen LogP contribution in [-0.2, 0) is 4.74 Å². The molecule has 0 radical (unpaired) electrons. The molecular formula is C14H28N4O. The minimum absolute atomic E-state index is 0.155. The number of anilines is 2. The summed E-state index contributed by atoms with van der Waals surface area (Å²) in [6, 6.07) is 0.292. The molecule has 0 unspecified atom stereocenters. The molecule has 0 aliphatic heterocycles. The molecule has 0 aliphatic carbocycles. The highest BCUT2D eigenvalue weighted by atomic mass is 16.5. The third-order valence-corrected chi connectivity index (χ3v) is 3.34. The summed E-state index contributed by atoms with van der Waals surface area (Å²) in [6.45, 7) is 12.2. The second kappa shape index (κ2) is 6.28. The molecule has 0 saturated carbocycles. The maximum atomic E-state index is 6.10. The van der Waals surface area contributed by atoms with Crippen LogP contribution in [0.15, 0.2) is 0 Å². The monoisotopic (exact) mass is 268 g/mol. The maximum absolute atomic E-state index is 6.10. The average molecular weight is 268 g/mol. The van der Waals surface area contributed by atoms with E-state index in [1.807, 2.05) is 11.6 Å². The first-order valence-electron chi connectivity index (χ1n) is 6.86. The molecule has 110 valence electrons. The fraction of sp³-hybridized carbons (Fsp3) is 0.786. The fourth-order valence-corrected chi connectivity index (χ4v) is 1.90. The van der Waals surface area contributed by atoms with Gasteiger partial charge in [-0.3, -0.25) is 0 Å². The van der Waals surface area contributed by atoms with Crippen molar-refractivity contribution in [2.24, 2.45) is 5.41 Å². The van der Waals surface area contributed by atoms with Crippen molar-refractivity contribution in [3.63, 3.8) is 0 Å². The Hall–Kier alpha value is -1.23. The molecule has 0 fully saturated rings. The smallest absolute Gasteiger partial charge is 0.148 e. The Morgan fingerprint density at radius 1 is 1.42 bits per heavy atom. The number of nitrogens with one attached hydrogen (secondary N) is 1. The van der Waals surface area contributed by atoms with E-state index in [1.165, 1.54) is 0 Å². The van der Waals surface area contributed by atoms with Crippen molar-refractivity contribution >= 4 is 11.5 Å². The van der Waals surface area contributed by atoms with Crippen LogP contribution < -0.4 is 11.1 Å². The number of hydrogen-bond donors (Lipinski definition) is 2.